The first-order valence-electron chi connectivity index (χ1n) is 6.24. The molecule has 0 bridgehead atoms. The van der Waals surface area contributed by atoms with Crippen molar-refractivity contribution in [2.45, 2.75) is 0 Å². The Balaban J connectivity index is 2.03. The third-order valence-electron chi connectivity index (χ3n) is 2.84. The van der Waals surface area contributed by atoms with Gasteiger partial charge in [-0.05, 0) is 58.4 Å². The predicted molar refractivity (Wildman–Crippen MR) is 83.7 cm³/mol. The van der Waals surface area contributed by atoms with E-state index in [1.165, 1.54) is 31.4 Å². The molecule has 0 unspecified atom stereocenters. The van der Waals surface area contributed by atoms with E-state index >= 15 is 0 Å². The molecule has 0 heterocycles. The number of halogens is 1. The number of hydrazine groups is 1. The van der Waals surface area contributed by atoms with Gasteiger partial charge in [-0.2, -0.15) is 0 Å². The number of hydrogen-bond acceptors (Lipinski definition) is 4. The molecule has 2 rings (SSSR count). The fourth-order valence-corrected chi connectivity index (χ4v) is 2.10. The van der Waals surface area contributed by atoms with E-state index in [0.717, 1.165) is 0 Å². The Bertz CT molecular complexity index is 701. The average molecular weight is 365 g/mol. The lowest BCUT2D eigenvalue weighted by atomic mass is 10.2. The highest BCUT2D eigenvalue weighted by Crippen LogP contribution is 2.22. The lowest BCUT2D eigenvalue weighted by Crippen LogP contribution is -2.41. The Labute approximate surface area is 135 Å². The molecule has 3 N–H and O–H groups in total. The molecule has 0 aromatic heterocycles. The number of phenols is 1. The molecule has 2 aromatic carbocycles. The summed E-state index contributed by atoms with van der Waals surface area (Å²) >= 11 is 3.26. The number of amides is 2. The lowest BCUT2D eigenvalue weighted by molar-refractivity contribution is 0.0846. The fourth-order valence-electron chi connectivity index (χ4n) is 1.67. The van der Waals surface area contributed by atoms with Crippen LogP contribution in [0.1, 0.15) is 20.7 Å². The second kappa shape index (κ2) is 6.95. The van der Waals surface area contributed by atoms with Crippen LogP contribution < -0.4 is 15.6 Å². The van der Waals surface area contributed by atoms with E-state index in [1.807, 2.05) is 0 Å². The van der Waals surface area contributed by atoms with E-state index in [4.69, 9.17) is 9.84 Å². The molecular formula is C15H13BrN2O4. The van der Waals surface area contributed by atoms with Crippen LogP contribution in [0.25, 0.3) is 0 Å². The molecule has 2 aromatic rings. The first kappa shape index (κ1) is 15.8. The zero-order chi connectivity index (χ0) is 16.1. The Kier molecular flexibility index (Phi) is 5.00. The van der Waals surface area contributed by atoms with E-state index in [0.29, 0.717) is 21.3 Å². The summed E-state index contributed by atoms with van der Waals surface area (Å²) < 4.78 is 5.63. The summed E-state index contributed by atoms with van der Waals surface area (Å²) in [6.07, 6.45) is 0. The van der Waals surface area contributed by atoms with Crippen molar-refractivity contribution < 1.29 is 19.4 Å². The molecule has 0 aliphatic heterocycles. The highest BCUT2D eigenvalue weighted by molar-refractivity contribution is 9.10. The maximum Gasteiger partial charge on any atom is 0.270 e. The van der Waals surface area contributed by atoms with Crippen LogP contribution in [0, 0.1) is 0 Å². The van der Waals surface area contributed by atoms with E-state index in [2.05, 4.69) is 26.8 Å². The van der Waals surface area contributed by atoms with Gasteiger partial charge in [-0.15, -0.1) is 0 Å². The second-order valence-corrected chi connectivity index (χ2v) is 5.16. The number of carbonyl (C=O) groups excluding carboxylic acids is 2. The third kappa shape index (κ3) is 3.76. The number of rotatable bonds is 3. The van der Waals surface area contributed by atoms with Crippen LogP contribution in [-0.4, -0.2) is 24.0 Å². The molecule has 0 saturated heterocycles. The van der Waals surface area contributed by atoms with Gasteiger partial charge in [-0.1, -0.05) is 0 Å². The van der Waals surface area contributed by atoms with Gasteiger partial charge < -0.3 is 9.84 Å². The molecule has 2 amide bonds. The van der Waals surface area contributed by atoms with Crippen molar-refractivity contribution >= 4 is 27.7 Å². The molecular weight excluding hydrogens is 352 g/mol. The van der Waals surface area contributed by atoms with Crippen molar-refractivity contribution in [3.63, 3.8) is 0 Å². The van der Waals surface area contributed by atoms with Crippen molar-refractivity contribution in [3.05, 3.63) is 58.1 Å². The Morgan fingerprint density at radius 3 is 2.32 bits per heavy atom. The zero-order valence-electron chi connectivity index (χ0n) is 11.6. The topological polar surface area (TPSA) is 87.7 Å². The Hall–Kier alpha value is -2.54. The summed E-state index contributed by atoms with van der Waals surface area (Å²) in [5, 5.41) is 9.17. The maximum atomic E-state index is 12.1. The summed E-state index contributed by atoms with van der Waals surface area (Å²) in [5.41, 5.74) is 5.25. The van der Waals surface area contributed by atoms with Gasteiger partial charge in [0.15, 0.2) is 0 Å². The molecule has 0 aliphatic rings. The molecule has 7 heteroatoms. The molecule has 0 atom stereocenters. The summed E-state index contributed by atoms with van der Waals surface area (Å²) in [6, 6.07) is 10.6. The quantitative estimate of drug-likeness (QED) is 0.728. The zero-order valence-corrected chi connectivity index (χ0v) is 13.2. The minimum Gasteiger partial charge on any atom is -0.508 e. The maximum absolute atomic E-state index is 12.1. The van der Waals surface area contributed by atoms with Gasteiger partial charge in [0.05, 0.1) is 12.7 Å². The van der Waals surface area contributed by atoms with Crippen molar-refractivity contribution in [2.75, 3.05) is 7.11 Å². The van der Waals surface area contributed by atoms with Gasteiger partial charge in [0, 0.05) is 10.0 Å². The van der Waals surface area contributed by atoms with E-state index in [-0.39, 0.29) is 5.75 Å². The molecule has 0 fully saturated rings. The van der Waals surface area contributed by atoms with Gasteiger partial charge in [0.25, 0.3) is 11.8 Å². The van der Waals surface area contributed by atoms with Crippen LogP contribution in [0.4, 0.5) is 0 Å². The van der Waals surface area contributed by atoms with E-state index in [1.54, 1.807) is 18.2 Å². The molecule has 0 radical (unpaired) electrons. The van der Waals surface area contributed by atoms with Crippen molar-refractivity contribution in [3.8, 4) is 11.5 Å². The number of methoxy groups -OCH3 is 1. The van der Waals surface area contributed by atoms with Crippen LogP contribution >= 0.6 is 15.9 Å². The SMILES string of the molecule is COc1ccc(Br)c(C(=O)NNC(=O)c2ccc(O)cc2)c1. The Morgan fingerprint density at radius 1 is 1.05 bits per heavy atom. The molecule has 114 valence electrons. The standard InChI is InChI=1S/C15H13BrN2O4/c1-22-11-6-7-13(16)12(8-11)15(21)18-17-14(20)9-2-4-10(19)5-3-9/h2-8,19H,1H3,(H,17,20)(H,18,21). The van der Waals surface area contributed by atoms with Crippen molar-refractivity contribution in [2.24, 2.45) is 0 Å². The molecule has 22 heavy (non-hydrogen) atoms. The highest BCUT2D eigenvalue weighted by Gasteiger charge is 2.13. The fraction of sp³-hybridized carbons (Fsp3) is 0.0667. The number of ether oxygens (including phenoxy) is 1. The van der Waals surface area contributed by atoms with Crippen LogP contribution in [0.2, 0.25) is 0 Å². The number of aromatic hydroxyl groups is 1. The van der Waals surface area contributed by atoms with Crippen LogP contribution in [0.15, 0.2) is 46.9 Å². The summed E-state index contributed by atoms with van der Waals surface area (Å²) in [4.78, 5) is 23.9. The monoisotopic (exact) mass is 364 g/mol. The van der Waals surface area contributed by atoms with Crippen LogP contribution in [0.3, 0.4) is 0 Å². The normalized spacial score (nSPS) is 9.91. The van der Waals surface area contributed by atoms with Gasteiger partial charge in [-0.25, -0.2) is 0 Å². The summed E-state index contributed by atoms with van der Waals surface area (Å²) in [7, 11) is 1.50. The van der Waals surface area contributed by atoms with Crippen LogP contribution in [-0.2, 0) is 0 Å². The molecule has 6 nitrogen and oxygen atoms in total. The smallest absolute Gasteiger partial charge is 0.270 e. The number of benzene rings is 2. The predicted octanol–water partition coefficient (Wildman–Crippen LogP) is 2.24. The largest absolute Gasteiger partial charge is 0.508 e. The van der Waals surface area contributed by atoms with Crippen molar-refractivity contribution in [1.29, 1.82) is 0 Å². The van der Waals surface area contributed by atoms with Crippen molar-refractivity contribution in [1.82, 2.24) is 10.9 Å². The van der Waals surface area contributed by atoms with Crippen LogP contribution in [0.5, 0.6) is 11.5 Å². The Morgan fingerprint density at radius 2 is 1.68 bits per heavy atom. The van der Waals surface area contributed by atoms with E-state index < -0.39 is 11.8 Å². The first-order chi connectivity index (χ1) is 10.5. The number of carbonyl (C=O) groups is 2. The third-order valence-corrected chi connectivity index (χ3v) is 3.53. The molecule has 0 spiro atoms. The van der Waals surface area contributed by atoms with Gasteiger partial charge in [0.2, 0.25) is 0 Å². The lowest BCUT2D eigenvalue weighted by Gasteiger charge is -2.10. The molecule has 0 saturated carbocycles. The summed E-state index contributed by atoms with van der Waals surface area (Å²) in [6.45, 7) is 0. The van der Waals surface area contributed by atoms with E-state index in [9.17, 15) is 9.59 Å². The average Bonchev–Trinajstić information content (AvgIpc) is 2.53. The van der Waals surface area contributed by atoms with Gasteiger partial charge in [-0.3, -0.25) is 20.4 Å². The molecule has 0 aliphatic carbocycles. The first-order valence-corrected chi connectivity index (χ1v) is 7.04. The van der Waals surface area contributed by atoms with Gasteiger partial charge in [0.1, 0.15) is 11.5 Å². The minimum absolute atomic E-state index is 0.0564. The van der Waals surface area contributed by atoms with Gasteiger partial charge >= 0.3 is 0 Å². The number of hydrogen-bond donors (Lipinski definition) is 3. The highest BCUT2D eigenvalue weighted by atomic mass is 79.9. The number of phenolic OH excluding ortho intramolecular Hbond substituents is 1. The minimum atomic E-state index is -0.493. The summed E-state index contributed by atoms with van der Waals surface area (Å²) in [5.74, 6) is -0.399. The second-order valence-electron chi connectivity index (χ2n) is 4.30. The number of nitrogens with one attached hydrogen (secondary N) is 2.